The molecule has 0 aliphatic carbocycles. The Bertz CT molecular complexity index is 682. The summed E-state index contributed by atoms with van der Waals surface area (Å²) < 4.78 is 5.34. The van der Waals surface area contributed by atoms with Crippen molar-refractivity contribution in [3.8, 4) is 6.07 Å². The van der Waals surface area contributed by atoms with E-state index in [1.807, 2.05) is 18.2 Å². The van der Waals surface area contributed by atoms with E-state index in [1.165, 1.54) is 5.69 Å². The summed E-state index contributed by atoms with van der Waals surface area (Å²) in [5.41, 5.74) is 1.18. The van der Waals surface area contributed by atoms with E-state index in [9.17, 15) is 4.79 Å². The second-order valence-electron chi connectivity index (χ2n) is 6.37. The number of likely N-dealkylation sites (tertiary alicyclic amines) is 1. The molecule has 0 atom stereocenters. The molecule has 2 aromatic rings. The smallest absolute Gasteiger partial charge is 0.237 e. The molecule has 3 rings (SSSR count). The van der Waals surface area contributed by atoms with Gasteiger partial charge in [-0.05, 0) is 44.1 Å². The highest BCUT2D eigenvalue weighted by Gasteiger charge is 2.24. The van der Waals surface area contributed by atoms with E-state index < -0.39 is 0 Å². The molecular weight excluding hydrogens is 318 g/mol. The molecule has 0 aromatic carbocycles. The van der Waals surface area contributed by atoms with Gasteiger partial charge in [0.2, 0.25) is 5.91 Å². The van der Waals surface area contributed by atoms with E-state index in [2.05, 4.69) is 21.2 Å². The number of nitrogens with zero attached hydrogens (tertiary/aromatic N) is 4. The van der Waals surface area contributed by atoms with Gasteiger partial charge in [-0.2, -0.15) is 10.4 Å². The van der Waals surface area contributed by atoms with Crippen molar-refractivity contribution >= 4 is 5.91 Å². The lowest BCUT2D eigenvalue weighted by atomic mass is 9.94. The summed E-state index contributed by atoms with van der Waals surface area (Å²) in [5, 5.41) is 15.9. The minimum atomic E-state index is 0.0478. The number of piperidine rings is 1. The summed E-state index contributed by atoms with van der Waals surface area (Å²) in [5.74, 6) is 1.28. The molecule has 0 radical (unpaired) electrons. The molecule has 1 N–H and O–H groups in total. The number of nitriles is 1. The topological polar surface area (TPSA) is 89.2 Å². The van der Waals surface area contributed by atoms with E-state index in [0.29, 0.717) is 32.0 Å². The first-order valence-corrected chi connectivity index (χ1v) is 8.65. The molecule has 0 spiro atoms. The number of amides is 1. The first kappa shape index (κ1) is 17.2. The minimum absolute atomic E-state index is 0.0478. The van der Waals surface area contributed by atoms with E-state index in [4.69, 9.17) is 9.68 Å². The highest BCUT2D eigenvalue weighted by molar-refractivity contribution is 5.78. The summed E-state index contributed by atoms with van der Waals surface area (Å²) in [6, 6.07) is 7.79. The fourth-order valence-electron chi connectivity index (χ4n) is 3.25. The maximum atomic E-state index is 12.7. The molecule has 132 valence electrons. The summed E-state index contributed by atoms with van der Waals surface area (Å²) >= 11 is 0. The number of H-pyrrole nitrogens is 1. The number of aromatic nitrogens is 2. The molecule has 2 aromatic heterocycles. The lowest BCUT2D eigenvalue weighted by molar-refractivity contribution is -0.133. The molecule has 1 amide bonds. The highest BCUT2D eigenvalue weighted by Crippen LogP contribution is 2.26. The third-order valence-corrected chi connectivity index (χ3v) is 4.68. The van der Waals surface area contributed by atoms with Crippen LogP contribution in [0.1, 0.15) is 36.6 Å². The van der Waals surface area contributed by atoms with E-state index in [-0.39, 0.29) is 5.91 Å². The van der Waals surface area contributed by atoms with Crippen molar-refractivity contribution < 1.29 is 9.21 Å². The van der Waals surface area contributed by atoms with Crippen LogP contribution in [0.25, 0.3) is 0 Å². The SMILES string of the molecule is N#CCCN(Cc1ccco1)C(=O)CN1CCC(c2ccn[nH]2)CC1. The van der Waals surface area contributed by atoms with Gasteiger partial charge >= 0.3 is 0 Å². The van der Waals surface area contributed by atoms with E-state index >= 15 is 0 Å². The van der Waals surface area contributed by atoms with Crippen LogP contribution < -0.4 is 0 Å². The van der Waals surface area contributed by atoms with Crippen molar-refractivity contribution in [2.75, 3.05) is 26.2 Å². The number of carbonyl (C=O) groups excluding carboxylic acids is 1. The molecule has 1 aliphatic rings. The monoisotopic (exact) mass is 341 g/mol. The first-order valence-electron chi connectivity index (χ1n) is 8.65. The van der Waals surface area contributed by atoms with Crippen LogP contribution in [0.15, 0.2) is 35.1 Å². The number of hydrogen-bond acceptors (Lipinski definition) is 5. The average molecular weight is 341 g/mol. The molecule has 3 heterocycles. The Morgan fingerprint density at radius 1 is 1.44 bits per heavy atom. The van der Waals surface area contributed by atoms with Crippen LogP contribution >= 0.6 is 0 Å². The predicted molar refractivity (Wildman–Crippen MR) is 91.4 cm³/mol. The van der Waals surface area contributed by atoms with Gasteiger partial charge in [-0.3, -0.25) is 14.8 Å². The summed E-state index contributed by atoms with van der Waals surface area (Å²) in [6.07, 6.45) is 5.75. The zero-order valence-corrected chi connectivity index (χ0v) is 14.2. The van der Waals surface area contributed by atoms with Crippen LogP contribution in [0.5, 0.6) is 0 Å². The van der Waals surface area contributed by atoms with Crippen molar-refractivity contribution in [1.29, 1.82) is 5.26 Å². The Labute approximate surface area is 147 Å². The first-order chi connectivity index (χ1) is 12.3. The van der Waals surface area contributed by atoms with Crippen LogP contribution in [0.4, 0.5) is 0 Å². The van der Waals surface area contributed by atoms with Crippen LogP contribution in [0.3, 0.4) is 0 Å². The van der Waals surface area contributed by atoms with E-state index in [0.717, 1.165) is 31.7 Å². The van der Waals surface area contributed by atoms with Gasteiger partial charge in [-0.15, -0.1) is 0 Å². The molecule has 0 saturated carbocycles. The van der Waals surface area contributed by atoms with Gasteiger partial charge in [0.25, 0.3) is 0 Å². The Morgan fingerprint density at radius 3 is 2.92 bits per heavy atom. The van der Waals surface area contributed by atoms with Gasteiger partial charge in [0.1, 0.15) is 5.76 Å². The molecule has 7 heteroatoms. The number of hydrogen-bond donors (Lipinski definition) is 1. The third-order valence-electron chi connectivity index (χ3n) is 4.68. The largest absolute Gasteiger partial charge is 0.467 e. The highest BCUT2D eigenvalue weighted by atomic mass is 16.3. The molecule has 7 nitrogen and oxygen atoms in total. The number of rotatable bonds is 7. The lowest BCUT2D eigenvalue weighted by Gasteiger charge is -2.32. The Balaban J connectivity index is 1.51. The predicted octanol–water partition coefficient (Wildman–Crippen LogP) is 2.12. The van der Waals surface area contributed by atoms with Crippen LogP contribution in [0.2, 0.25) is 0 Å². The average Bonchev–Trinajstić information content (AvgIpc) is 3.33. The molecule has 0 bridgehead atoms. The van der Waals surface area contributed by atoms with Gasteiger partial charge < -0.3 is 9.32 Å². The lowest BCUT2D eigenvalue weighted by Crippen LogP contribution is -2.43. The Hall–Kier alpha value is -2.59. The molecule has 25 heavy (non-hydrogen) atoms. The second kappa shape index (κ2) is 8.49. The van der Waals surface area contributed by atoms with Gasteiger partial charge in [0.05, 0.1) is 31.8 Å². The maximum Gasteiger partial charge on any atom is 0.237 e. The van der Waals surface area contributed by atoms with Gasteiger partial charge in [0, 0.05) is 24.4 Å². The Morgan fingerprint density at radius 2 is 2.28 bits per heavy atom. The standard InChI is InChI=1S/C18H23N5O2/c19-7-2-9-23(13-16-3-1-12-25-16)18(24)14-22-10-5-15(6-11-22)17-4-8-20-21-17/h1,3-4,8,12,15H,2,5-6,9-11,13-14H2,(H,20,21). The van der Waals surface area contributed by atoms with Crippen molar-refractivity contribution in [2.24, 2.45) is 0 Å². The zero-order chi connectivity index (χ0) is 17.5. The second-order valence-corrected chi connectivity index (χ2v) is 6.37. The van der Waals surface area contributed by atoms with Gasteiger partial charge in [0.15, 0.2) is 0 Å². The summed E-state index contributed by atoms with van der Waals surface area (Å²) in [6.45, 7) is 3.02. The normalized spacial score (nSPS) is 15.8. The molecule has 0 unspecified atom stereocenters. The Kier molecular flexibility index (Phi) is 5.86. The van der Waals surface area contributed by atoms with Crippen molar-refractivity contribution in [2.45, 2.75) is 31.7 Å². The minimum Gasteiger partial charge on any atom is -0.467 e. The van der Waals surface area contributed by atoms with Crippen LogP contribution in [-0.4, -0.2) is 52.1 Å². The number of carbonyl (C=O) groups is 1. The molecular formula is C18H23N5O2. The molecule has 1 fully saturated rings. The van der Waals surface area contributed by atoms with Gasteiger partial charge in [-0.1, -0.05) is 0 Å². The fraction of sp³-hybridized carbons (Fsp3) is 0.500. The van der Waals surface area contributed by atoms with E-state index in [1.54, 1.807) is 17.4 Å². The third kappa shape index (κ3) is 4.70. The van der Waals surface area contributed by atoms with Crippen molar-refractivity contribution in [3.63, 3.8) is 0 Å². The van der Waals surface area contributed by atoms with Crippen molar-refractivity contribution in [1.82, 2.24) is 20.0 Å². The van der Waals surface area contributed by atoms with Crippen LogP contribution in [-0.2, 0) is 11.3 Å². The number of furan rings is 1. The summed E-state index contributed by atoms with van der Waals surface area (Å²) in [4.78, 5) is 16.6. The van der Waals surface area contributed by atoms with Crippen LogP contribution in [0, 0.1) is 11.3 Å². The van der Waals surface area contributed by atoms with Crippen molar-refractivity contribution in [3.05, 3.63) is 42.1 Å². The number of aromatic amines is 1. The zero-order valence-electron chi connectivity index (χ0n) is 14.2. The maximum absolute atomic E-state index is 12.7. The van der Waals surface area contributed by atoms with Gasteiger partial charge in [-0.25, -0.2) is 0 Å². The fourth-order valence-corrected chi connectivity index (χ4v) is 3.25. The number of nitrogens with one attached hydrogen (secondary N) is 1. The quantitative estimate of drug-likeness (QED) is 0.833. The molecule has 1 aliphatic heterocycles. The summed E-state index contributed by atoms with van der Waals surface area (Å²) in [7, 11) is 0. The molecule has 1 saturated heterocycles.